The number of carbonyl (C=O) groups is 3. The molecule has 0 atom stereocenters. The average molecular weight is 375 g/mol. The number of hydrogen-bond acceptors (Lipinski definition) is 4. The molecular weight excluding hydrogens is 348 g/mol. The number of nitrogens with zero attached hydrogens (tertiary/aromatic N) is 1. The number of amides is 3. The number of nitrogens with one attached hydrogen (secondary N) is 1. The fraction of sp³-hybridized carbons (Fsp3) is 0.450. The molecule has 1 aliphatic rings. The van der Waals surface area contributed by atoms with Gasteiger partial charge in [-0.05, 0) is 48.2 Å². The molecule has 1 aromatic rings. The normalized spacial score (nSPS) is 15.8. The minimum absolute atomic E-state index is 0.0149. The maximum atomic E-state index is 12.5. The molecule has 1 saturated heterocycles. The summed E-state index contributed by atoms with van der Waals surface area (Å²) < 4.78 is 0. The van der Waals surface area contributed by atoms with Crippen LogP contribution in [0.1, 0.15) is 50.7 Å². The summed E-state index contributed by atoms with van der Waals surface area (Å²) in [7, 11) is 0. The topological polar surface area (TPSA) is 66.5 Å². The zero-order valence-electron chi connectivity index (χ0n) is 15.4. The summed E-state index contributed by atoms with van der Waals surface area (Å²) >= 11 is 1.01. The van der Waals surface area contributed by atoms with Crippen molar-refractivity contribution >= 4 is 34.9 Å². The molecule has 5 nitrogen and oxygen atoms in total. The highest BCUT2D eigenvalue weighted by Crippen LogP contribution is 2.32. The van der Waals surface area contributed by atoms with Crippen molar-refractivity contribution in [1.29, 1.82) is 0 Å². The average Bonchev–Trinajstić information content (AvgIpc) is 2.88. The van der Waals surface area contributed by atoms with Gasteiger partial charge >= 0.3 is 0 Å². The smallest absolute Gasteiger partial charge is 0.293 e. The zero-order chi connectivity index (χ0) is 18.9. The van der Waals surface area contributed by atoms with Crippen LogP contribution in [0.4, 0.5) is 4.79 Å². The largest absolute Gasteiger partial charge is 0.356 e. The lowest BCUT2D eigenvalue weighted by molar-refractivity contribution is -0.123. The SMILES string of the molecule is CCc1ccc(/C=C2\SC(=O)N(CCCCCCNC(C)=O)C2=O)cc1. The monoisotopic (exact) mass is 374 g/mol. The van der Waals surface area contributed by atoms with Gasteiger partial charge in [-0.25, -0.2) is 0 Å². The Morgan fingerprint density at radius 2 is 1.81 bits per heavy atom. The second kappa shape index (κ2) is 10.2. The fourth-order valence-corrected chi connectivity index (χ4v) is 3.57. The van der Waals surface area contributed by atoms with Gasteiger partial charge < -0.3 is 5.32 Å². The lowest BCUT2D eigenvalue weighted by Crippen LogP contribution is -2.29. The Balaban J connectivity index is 1.80. The van der Waals surface area contributed by atoms with Crippen LogP contribution in [0, 0.1) is 0 Å². The molecule has 3 amide bonds. The van der Waals surface area contributed by atoms with Crippen LogP contribution in [0.25, 0.3) is 6.08 Å². The van der Waals surface area contributed by atoms with Gasteiger partial charge in [-0.15, -0.1) is 0 Å². The van der Waals surface area contributed by atoms with Gasteiger partial charge in [0.05, 0.1) is 4.91 Å². The molecule has 0 unspecified atom stereocenters. The summed E-state index contributed by atoms with van der Waals surface area (Å²) in [4.78, 5) is 37.2. The molecule has 0 radical (unpaired) electrons. The van der Waals surface area contributed by atoms with E-state index in [1.807, 2.05) is 24.3 Å². The molecule has 1 fully saturated rings. The summed E-state index contributed by atoms with van der Waals surface area (Å²) in [5.41, 5.74) is 2.18. The van der Waals surface area contributed by atoms with E-state index >= 15 is 0 Å². The minimum atomic E-state index is -0.196. The number of carbonyl (C=O) groups excluding carboxylic acids is 3. The number of thioether (sulfide) groups is 1. The van der Waals surface area contributed by atoms with E-state index < -0.39 is 0 Å². The quantitative estimate of drug-likeness (QED) is 0.524. The molecule has 0 spiro atoms. The zero-order valence-corrected chi connectivity index (χ0v) is 16.2. The number of benzene rings is 1. The standard InChI is InChI=1S/C20H26N2O3S/c1-3-16-8-10-17(11-9-16)14-18-19(24)22(20(25)26-18)13-7-5-4-6-12-21-15(2)23/h8-11,14H,3-7,12-13H2,1-2H3,(H,21,23)/b18-14-. The van der Waals surface area contributed by atoms with E-state index in [9.17, 15) is 14.4 Å². The molecule has 1 aliphatic heterocycles. The molecule has 140 valence electrons. The van der Waals surface area contributed by atoms with Gasteiger partial charge in [0, 0.05) is 20.0 Å². The highest BCUT2D eigenvalue weighted by Gasteiger charge is 2.34. The maximum absolute atomic E-state index is 12.5. The van der Waals surface area contributed by atoms with Gasteiger partial charge in [-0.3, -0.25) is 19.3 Å². The Hall–Kier alpha value is -2.08. The van der Waals surface area contributed by atoms with E-state index in [1.165, 1.54) is 17.4 Å². The van der Waals surface area contributed by atoms with Crippen molar-refractivity contribution in [2.45, 2.75) is 46.0 Å². The van der Waals surface area contributed by atoms with Crippen LogP contribution in [0.15, 0.2) is 29.2 Å². The summed E-state index contributed by atoms with van der Waals surface area (Å²) in [5.74, 6) is -0.211. The van der Waals surface area contributed by atoms with Gasteiger partial charge in [0.15, 0.2) is 0 Å². The molecule has 0 aliphatic carbocycles. The molecule has 2 rings (SSSR count). The summed E-state index contributed by atoms with van der Waals surface area (Å²) in [5, 5.41) is 2.57. The van der Waals surface area contributed by atoms with E-state index in [4.69, 9.17) is 0 Å². The van der Waals surface area contributed by atoms with Crippen LogP contribution in [0.2, 0.25) is 0 Å². The van der Waals surface area contributed by atoms with Crippen molar-refractivity contribution in [1.82, 2.24) is 10.2 Å². The van der Waals surface area contributed by atoms with E-state index in [1.54, 1.807) is 6.08 Å². The third kappa shape index (κ3) is 6.02. The molecule has 0 bridgehead atoms. The Kier molecular flexibility index (Phi) is 7.91. The van der Waals surface area contributed by atoms with E-state index in [-0.39, 0.29) is 17.1 Å². The van der Waals surface area contributed by atoms with Crippen molar-refractivity contribution < 1.29 is 14.4 Å². The first kappa shape index (κ1) is 20.2. The number of imide groups is 1. The second-order valence-corrected chi connectivity index (χ2v) is 7.32. The Morgan fingerprint density at radius 3 is 2.46 bits per heavy atom. The molecule has 1 heterocycles. The summed E-state index contributed by atoms with van der Waals surface area (Å²) in [6, 6.07) is 8.03. The summed E-state index contributed by atoms with van der Waals surface area (Å²) in [6.45, 7) is 4.74. The van der Waals surface area contributed by atoms with E-state index in [0.29, 0.717) is 18.0 Å². The molecule has 26 heavy (non-hydrogen) atoms. The maximum Gasteiger partial charge on any atom is 0.293 e. The van der Waals surface area contributed by atoms with Crippen molar-refractivity contribution in [3.05, 3.63) is 40.3 Å². The molecule has 1 aromatic carbocycles. The van der Waals surface area contributed by atoms with Crippen molar-refractivity contribution in [2.75, 3.05) is 13.1 Å². The first-order valence-corrected chi connectivity index (χ1v) is 9.91. The molecule has 0 aromatic heterocycles. The lowest BCUT2D eigenvalue weighted by Gasteiger charge is -2.12. The van der Waals surface area contributed by atoms with Crippen LogP contribution < -0.4 is 5.32 Å². The van der Waals surface area contributed by atoms with Gasteiger partial charge in [-0.1, -0.05) is 44.0 Å². The Bertz CT molecular complexity index is 683. The fourth-order valence-electron chi connectivity index (χ4n) is 2.71. The van der Waals surface area contributed by atoms with Gasteiger partial charge in [-0.2, -0.15) is 0 Å². The highest BCUT2D eigenvalue weighted by molar-refractivity contribution is 8.18. The second-order valence-electron chi connectivity index (χ2n) is 6.33. The van der Waals surface area contributed by atoms with Gasteiger partial charge in [0.2, 0.25) is 5.91 Å². The van der Waals surface area contributed by atoms with Crippen molar-refractivity contribution in [3.63, 3.8) is 0 Å². The predicted octanol–water partition coefficient (Wildman–Crippen LogP) is 3.98. The third-order valence-electron chi connectivity index (χ3n) is 4.24. The minimum Gasteiger partial charge on any atom is -0.356 e. The molecule has 0 saturated carbocycles. The van der Waals surface area contributed by atoms with Crippen LogP contribution >= 0.6 is 11.8 Å². The van der Waals surface area contributed by atoms with Gasteiger partial charge in [0.1, 0.15) is 0 Å². The van der Waals surface area contributed by atoms with Crippen LogP contribution in [0.3, 0.4) is 0 Å². The molecule has 6 heteroatoms. The van der Waals surface area contributed by atoms with E-state index in [2.05, 4.69) is 12.2 Å². The molecular formula is C20H26N2O3S. The Morgan fingerprint density at radius 1 is 1.12 bits per heavy atom. The van der Waals surface area contributed by atoms with Crippen LogP contribution in [-0.2, 0) is 16.0 Å². The number of hydrogen-bond donors (Lipinski definition) is 1. The van der Waals surface area contributed by atoms with Crippen molar-refractivity contribution in [2.24, 2.45) is 0 Å². The lowest BCUT2D eigenvalue weighted by atomic mass is 10.1. The first-order valence-electron chi connectivity index (χ1n) is 9.10. The summed E-state index contributed by atoms with van der Waals surface area (Å²) in [6.07, 6.45) is 6.36. The number of aryl methyl sites for hydroxylation is 1. The Labute approximate surface area is 159 Å². The third-order valence-corrected chi connectivity index (χ3v) is 5.15. The number of rotatable bonds is 9. The predicted molar refractivity (Wildman–Crippen MR) is 106 cm³/mol. The van der Waals surface area contributed by atoms with Crippen LogP contribution in [-0.4, -0.2) is 35.0 Å². The first-order chi connectivity index (χ1) is 12.5. The van der Waals surface area contributed by atoms with Crippen LogP contribution in [0.5, 0.6) is 0 Å². The highest BCUT2D eigenvalue weighted by atomic mass is 32.2. The molecule has 1 N–H and O–H groups in total. The van der Waals surface area contributed by atoms with E-state index in [0.717, 1.165) is 49.4 Å². The van der Waals surface area contributed by atoms with Crippen molar-refractivity contribution in [3.8, 4) is 0 Å². The number of unbranched alkanes of at least 4 members (excludes halogenated alkanes) is 3. The van der Waals surface area contributed by atoms with Gasteiger partial charge in [0.25, 0.3) is 11.1 Å².